The molecule has 132 valence electrons. The number of fused-ring (bicyclic) bond motifs is 1. The van der Waals surface area contributed by atoms with Crippen LogP contribution in [0.15, 0.2) is 83.7 Å². The summed E-state index contributed by atoms with van der Waals surface area (Å²) in [5.41, 5.74) is 1.68. The van der Waals surface area contributed by atoms with E-state index in [1.54, 1.807) is 36.4 Å². The second-order valence-corrected chi connectivity index (χ2v) is 6.17. The monoisotopic (exact) mass is 356 g/mol. The van der Waals surface area contributed by atoms with Gasteiger partial charge in [-0.15, -0.1) is 0 Å². The number of aromatic carboxylic acids is 1. The Labute approximate surface area is 155 Å². The molecule has 0 spiro atoms. The Bertz CT molecular complexity index is 1200. The molecule has 0 unspecified atom stereocenters. The highest BCUT2D eigenvalue weighted by molar-refractivity contribution is 5.92. The first-order valence-corrected chi connectivity index (χ1v) is 8.52. The Morgan fingerprint density at radius 3 is 2.33 bits per heavy atom. The van der Waals surface area contributed by atoms with Gasteiger partial charge in [-0.05, 0) is 29.8 Å². The van der Waals surface area contributed by atoms with Crippen molar-refractivity contribution < 1.29 is 9.90 Å². The minimum atomic E-state index is -1.09. The smallest absolute Gasteiger partial charge is 0.337 e. The molecule has 1 N–H and O–H groups in total. The highest BCUT2D eigenvalue weighted by Gasteiger charge is 2.18. The third kappa shape index (κ3) is 3.11. The molecule has 0 radical (unpaired) electrons. The van der Waals surface area contributed by atoms with Gasteiger partial charge in [0.15, 0.2) is 0 Å². The van der Waals surface area contributed by atoms with E-state index in [1.165, 1.54) is 10.6 Å². The summed E-state index contributed by atoms with van der Waals surface area (Å²) in [6, 6.07) is 23.3. The second kappa shape index (κ2) is 6.88. The van der Waals surface area contributed by atoms with Crippen LogP contribution in [0.25, 0.3) is 16.6 Å². The number of nitrogens with zero attached hydrogens (tertiary/aromatic N) is 2. The number of hydrogen-bond donors (Lipinski definition) is 1. The molecule has 1 heterocycles. The molecule has 0 amide bonds. The van der Waals surface area contributed by atoms with Crippen LogP contribution in [0.1, 0.15) is 21.7 Å². The Morgan fingerprint density at radius 1 is 0.889 bits per heavy atom. The maximum atomic E-state index is 13.2. The van der Waals surface area contributed by atoms with Crippen molar-refractivity contribution in [3.8, 4) is 5.69 Å². The van der Waals surface area contributed by atoms with Crippen molar-refractivity contribution in [2.75, 3.05) is 0 Å². The Kier molecular flexibility index (Phi) is 4.26. The molecule has 4 rings (SSSR count). The summed E-state index contributed by atoms with van der Waals surface area (Å²) in [7, 11) is 0. The molecule has 0 saturated carbocycles. The Hall–Kier alpha value is -3.73. The van der Waals surface area contributed by atoms with Crippen molar-refractivity contribution in [1.82, 2.24) is 9.55 Å². The highest BCUT2D eigenvalue weighted by Crippen LogP contribution is 2.19. The molecule has 0 aliphatic rings. The van der Waals surface area contributed by atoms with Crippen LogP contribution in [0.5, 0.6) is 0 Å². The summed E-state index contributed by atoms with van der Waals surface area (Å²) >= 11 is 0. The number of aromatic nitrogens is 2. The summed E-state index contributed by atoms with van der Waals surface area (Å²) < 4.78 is 1.42. The molecule has 0 bridgehead atoms. The molecule has 1 aromatic heterocycles. The molecule has 0 fully saturated rings. The van der Waals surface area contributed by atoms with Crippen LogP contribution in [-0.2, 0) is 6.42 Å². The van der Waals surface area contributed by atoms with E-state index in [0.717, 1.165) is 5.56 Å². The van der Waals surface area contributed by atoms with E-state index in [4.69, 9.17) is 0 Å². The van der Waals surface area contributed by atoms with Gasteiger partial charge < -0.3 is 5.11 Å². The van der Waals surface area contributed by atoms with Gasteiger partial charge in [0, 0.05) is 6.42 Å². The van der Waals surface area contributed by atoms with E-state index in [9.17, 15) is 14.7 Å². The summed E-state index contributed by atoms with van der Waals surface area (Å²) in [5, 5.41) is 10.0. The van der Waals surface area contributed by atoms with Crippen LogP contribution in [0, 0.1) is 0 Å². The number of rotatable bonds is 4. The van der Waals surface area contributed by atoms with Gasteiger partial charge in [-0.3, -0.25) is 9.36 Å². The summed E-state index contributed by atoms with van der Waals surface area (Å²) in [5.74, 6) is -0.588. The van der Waals surface area contributed by atoms with Gasteiger partial charge in [-0.25, -0.2) is 9.78 Å². The van der Waals surface area contributed by atoms with E-state index in [0.29, 0.717) is 28.8 Å². The zero-order chi connectivity index (χ0) is 18.8. The number of carboxylic acids is 1. The lowest BCUT2D eigenvalue weighted by Crippen LogP contribution is -2.25. The fourth-order valence-corrected chi connectivity index (χ4v) is 3.17. The number of hydrogen-bond acceptors (Lipinski definition) is 3. The largest absolute Gasteiger partial charge is 0.478 e. The van der Waals surface area contributed by atoms with Crippen LogP contribution >= 0.6 is 0 Å². The average molecular weight is 356 g/mol. The lowest BCUT2D eigenvalue weighted by molar-refractivity contribution is 0.0697. The lowest BCUT2D eigenvalue weighted by Gasteiger charge is -2.15. The van der Waals surface area contributed by atoms with Crippen LogP contribution in [0.3, 0.4) is 0 Å². The third-order valence-electron chi connectivity index (χ3n) is 4.43. The van der Waals surface area contributed by atoms with Crippen LogP contribution in [0.2, 0.25) is 0 Å². The van der Waals surface area contributed by atoms with Crippen LogP contribution < -0.4 is 5.56 Å². The zero-order valence-electron chi connectivity index (χ0n) is 14.4. The predicted octanol–water partition coefficient (Wildman–Crippen LogP) is 3.67. The van der Waals surface area contributed by atoms with Gasteiger partial charge in [0.2, 0.25) is 0 Å². The fraction of sp³-hybridized carbons (Fsp3) is 0.0455. The first-order valence-electron chi connectivity index (χ1n) is 8.52. The maximum Gasteiger partial charge on any atom is 0.337 e. The lowest BCUT2D eigenvalue weighted by atomic mass is 10.1. The van der Waals surface area contributed by atoms with Crippen molar-refractivity contribution in [2.24, 2.45) is 0 Å². The number of para-hydroxylation sites is 2. The molecule has 0 saturated heterocycles. The van der Waals surface area contributed by atoms with Crippen LogP contribution in [0.4, 0.5) is 0 Å². The number of benzene rings is 3. The molecule has 0 atom stereocenters. The van der Waals surface area contributed by atoms with Crippen molar-refractivity contribution in [2.45, 2.75) is 6.42 Å². The molecule has 4 aromatic rings. The number of carbonyl (C=O) groups is 1. The molecule has 27 heavy (non-hydrogen) atoms. The van der Waals surface area contributed by atoms with Crippen LogP contribution in [-0.4, -0.2) is 20.6 Å². The first kappa shape index (κ1) is 16.7. The fourth-order valence-electron chi connectivity index (χ4n) is 3.17. The quantitative estimate of drug-likeness (QED) is 0.605. The first-order chi connectivity index (χ1) is 13.1. The highest BCUT2D eigenvalue weighted by atomic mass is 16.4. The standard InChI is InChI=1S/C22H16N2O3/c25-21-16-10-4-6-12-18(16)23-20(14-15-8-2-1-3-9-15)24(21)19-13-7-5-11-17(19)22(26)27/h1-13H,14H2,(H,26,27). The molecular weight excluding hydrogens is 340 g/mol. The zero-order valence-corrected chi connectivity index (χ0v) is 14.4. The van der Waals surface area contributed by atoms with E-state index in [1.807, 2.05) is 36.4 Å². The molecular formula is C22H16N2O3. The molecule has 5 heteroatoms. The van der Waals surface area contributed by atoms with Gasteiger partial charge in [0.05, 0.1) is 22.2 Å². The van der Waals surface area contributed by atoms with Crippen molar-refractivity contribution in [3.05, 3.63) is 106 Å². The predicted molar refractivity (Wildman–Crippen MR) is 104 cm³/mol. The van der Waals surface area contributed by atoms with Crippen molar-refractivity contribution in [3.63, 3.8) is 0 Å². The molecule has 3 aromatic carbocycles. The maximum absolute atomic E-state index is 13.2. The van der Waals surface area contributed by atoms with Gasteiger partial charge in [-0.2, -0.15) is 0 Å². The van der Waals surface area contributed by atoms with Gasteiger partial charge in [-0.1, -0.05) is 54.6 Å². The van der Waals surface area contributed by atoms with E-state index in [-0.39, 0.29) is 11.1 Å². The van der Waals surface area contributed by atoms with Crippen molar-refractivity contribution >= 4 is 16.9 Å². The van der Waals surface area contributed by atoms with E-state index in [2.05, 4.69) is 4.98 Å². The summed E-state index contributed by atoms with van der Waals surface area (Å²) in [4.78, 5) is 29.6. The minimum absolute atomic E-state index is 0.0611. The molecule has 5 nitrogen and oxygen atoms in total. The average Bonchev–Trinajstić information content (AvgIpc) is 2.69. The van der Waals surface area contributed by atoms with Crippen molar-refractivity contribution in [1.29, 1.82) is 0 Å². The topological polar surface area (TPSA) is 72.2 Å². The second-order valence-electron chi connectivity index (χ2n) is 6.17. The molecule has 0 aliphatic heterocycles. The Balaban J connectivity index is 2.03. The van der Waals surface area contributed by atoms with Gasteiger partial charge in [0.25, 0.3) is 5.56 Å². The number of carboxylic acid groups (broad SMARTS) is 1. The van der Waals surface area contributed by atoms with E-state index >= 15 is 0 Å². The van der Waals surface area contributed by atoms with E-state index < -0.39 is 5.97 Å². The van der Waals surface area contributed by atoms with Gasteiger partial charge >= 0.3 is 5.97 Å². The third-order valence-corrected chi connectivity index (χ3v) is 4.43. The summed E-state index contributed by atoms with van der Waals surface area (Å²) in [6.45, 7) is 0. The SMILES string of the molecule is O=C(O)c1ccccc1-n1c(Cc2ccccc2)nc2ccccc2c1=O. The normalized spacial score (nSPS) is 10.8. The molecule has 0 aliphatic carbocycles. The Morgan fingerprint density at radius 2 is 1.56 bits per heavy atom. The van der Waals surface area contributed by atoms with Gasteiger partial charge in [0.1, 0.15) is 5.82 Å². The summed E-state index contributed by atoms with van der Waals surface area (Å²) in [6.07, 6.45) is 0.412. The minimum Gasteiger partial charge on any atom is -0.478 e.